The minimum Gasteiger partial charge on any atom is -0.368 e. The van der Waals surface area contributed by atoms with Crippen molar-refractivity contribution in [3.63, 3.8) is 0 Å². The molecule has 4 rings (SSSR count). The van der Waals surface area contributed by atoms with Gasteiger partial charge in [0.15, 0.2) is 0 Å². The van der Waals surface area contributed by atoms with E-state index in [0.717, 1.165) is 35.4 Å². The van der Waals surface area contributed by atoms with Crippen LogP contribution in [0.25, 0.3) is 10.8 Å². The maximum Gasteiger partial charge on any atom is 0.246 e. The zero-order valence-corrected chi connectivity index (χ0v) is 20.1. The highest BCUT2D eigenvalue weighted by Gasteiger charge is 2.22. The first kappa shape index (κ1) is 23.7. The number of rotatable bonds is 8. The Hall–Kier alpha value is -3.49. The van der Waals surface area contributed by atoms with Crippen LogP contribution in [0, 0.1) is 0 Å². The Kier molecular flexibility index (Phi) is 7.09. The summed E-state index contributed by atoms with van der Waals surface area (Å²) >= 11 is 0. The summed E-state index contributed by atoms with van der Waals surface area (Å²) in [6, 6.07) is 20.6. The maximum absolute atomic E-state index is 13.1. The third kappa shape index (κ3) is 5.18. The molecule has 0 fully saturated rings. The van der Waals surface area contributed by atoms with E-state index in [1.165, 1.54) is 17.4 Å². The van der Waals surface area contributed by atoms with Crippen LogP contribution in [0.5, 0.6) is 0 Å². The van der Waals surface area contributed by atoms with Crippen molar-refractivity contribution in [2.75, 3.05) is 33.7 Å². The first-order valence-corrected chi connectivity index (χ1v) is 12.5. The Labute approximate surface area is 200 Å². The van der Waals surface area contributed by atoms with Crippen LogP contribution in [0.4, 0.5) is 0 Å². The van der Waals surface area contributed by atoms with E-state index in [2.05, 4.69) is 10.3 Å². The van der Waals surface area contributed by atoms with Crippen LogP contribution in [-0.2, 0) is 21.4 Å². The van der Waals surface area contributed by atoms with Gasteiger partial charge in [0.1, 0.15) is 5.84 Å². The number of nitrogens with zero attached hydrogens (tertiary/aromatic N) is 3. The van der Waals surface area contributed by atoms with Crippen LogP contribution >= 0.6 is 0 Å². The van der Waals surface area contributed by atoms with E-state index in [4.69, 9.17) is 0 Å². The van der Waals surface area contributed by atoms with Gasteiger partial charge < -0.3 is 10.2 Å². The monoisotopic (exact) mass is 476 g/mol. The van der Waals surface area contributed by atoms with Gasteiger partial charge in [-0.1, -0.05) is 66.7 Å². The fourth-order valence-corrected chi connectivity index (χ4v) is 5.16. The second kappa shape index (κ2) is 10.2. The van der Waals surface area contributed by atoms with Crippen LogP contribution in [0.15, 0.2) is 88.8 Å². The average molecular weight is 477 g/mol. The van der Waals surface area contributed by atoms with Gasteiger partial charge in [0, 0.05) is 50.8 Å². The SMILES string of the molecule is CN(Cc1ccc(C2=NCCN2)cc1)C(=O)/C=C/CN(C)S(=O)(=O)c1cccc2ccccc12. The zero-order valence-electron chi connectivity index (χ0n) is 19.3. The standard InChI is InChI=1S/C26H28N4O3S/c1-29(19-20-12-14-22(15-13-20)26-27-16-17-28-26)25(31)11-6-18-30(2)34(32,33)24-10-5-8-21-7-3-4-9-23(21)24/h3-15H,16-19H2,1-2H3,(H,27,28)/b11-6+. The molecule has 1 aliphatic rings. The Morgan fingerprint density at radius 1 is 1.03 bits per heavy atom. The minimum absolute atomic E-state index is 0.0922. The summed E-state index contributed by atoms with van der Waals surface area (Å²) in [5, 5.41) is 4.79. The lowest BCUT2D eigenvalue weighted by atomic mass is 10.1. The summed E-state index contributed by atoms with van der Waals surface area (Å²) in [6.07, 6.45) is 3.00. The van der Waals surface area contributed by atoms with E-state index in [1.807, 2.05) is 48.5 Å². The van der Waals surface area contributed by atoms with Gasteiger partial charge >= 0.3 is 0 Å². The number of aliphatic imine (C=N–C) groups is 1. The molecule has 1 aliphatic heterocycles. The molecular formula is C26H28N4O3S. The third-order valence-corrected chi connectivity index (χ3v) is 7.64. The molecule has 0 saturated carbocycles. The summed E-state index contributed by atoms with van der Waals surface area (Å²) in [6.45, 7) is 2.20. The Morgan fingerprint density at radius 3 is 2.50 bits per heavy atom. The molecule has 34 heavy (non-hydrogen) atoms. The highest BCUT2D eigenvalue weighted by atomic mass is 32.2. The van der Waals surface area contributed by atoms with Crippen molar-refractivity contribution in [2.24, 2.45) is 4.99 Å². The summed E-state index contributed by atoms with van der Waals surface area (Å²) in [7, 11) is -0.465. The van der Waals surface area contributed by atoms with Gasteiger partial charge in [-0.15, -0.1) is 0 Å². The average Bonchev–Trinajstić information content (AvgIpc) is 3.39. The van der Waals surface area contributed by atoms with Gasteiger partial charge in [0.05, 0.1) is 11.4 Å². The smallest absolute Gasteiger partial charge is 0.246 e. The number of likely N-dealkylation sites (N-methyl/N-ethyl adjacent to an activating group) is 2. The highest BCUT2D eigenvalue weighted by molar-refractivity contribution is 7.89. The molecule has 0 bridgehead atoms. The molecular weight excluding hydrogens is 448 g/mol. The topological polar surface area (TPSA) is 82.1 Å². The highest BCUT2D eigenvalue weighted by Crippen LogP contribution is 2.25. The van der Waals surface area contributed by atoms with Crippen LogP contribution < -0.4 is 5.32 Å². The van der Waals surface area contributed by atoms with Crippen molar-refractivity contribution in [3.05, 3.63) is 90.0 Å². The first-order valence-electron chi connectivity index (χ1n) is 11.1. The fourth-order valence-electron chi connectivity index (χ4n) is 3.83. The molecule has 7 nitrogen and oxygen atoms in total. The Bertz CT molecular complexity index is 1340. The van der Waals surface area contributed by atoms with E-state index in [9.17, 15) is 13.2 Å². The van der Waals surface area contributed by atoms with Gasteiger partial charge in [-0.05, 0) is 17.0 Å². The van der Waals surface area contributed by atoms with E-state index < -0.39 is 10.0 Å². The molecule has 0 atom stereocenters. The van der Waals surface area contributed by atoms with E-state index >= 15 is 0 Å². The predicted octanol–water partition coefficient (Wildman–Crippen LogP) is 3.02. The maximum atomic E-state index is 13.1. The number of carbonyl (C=O) groups excluding carboxylic acids is 1. The van der Waals surface area contributed by atoms with Crippen LogP contribution in [-0.4, -0.2) is 63.1 Å². The summed E-state index contributed by atoms with van der Waals surface area (Å²) in [5.74, 6) is 0.711. The van der Waals surface area contributed by atoms with Gasteiger partial charge in [0.25, 0.3) is 0 Å². The molecule has 0 aromatic heterocycles. The molecule has 0 radical (unpaired) electrons. The molecule has 0 saturated heterocycles. The van der Waals surface area contributed by atoms with E-state index in [-0.39, 0.29) is 17.3 Å². The van der Waals surface area contributed by atoms with E-state index in [1.54, 1.807) is 36.2 Å². The Morgan fingerprint density at radius 2 is 1.76 bits per heavy atom. The number of sulfonamides is 1. The summed E-state index contributed by atoms with van der Waals surface area (Å²) < 4.78 is 27.5. The van der Waals surface area contributed by atoms with Crippen LogP contribution in [0.1, 0.15) is 11.1 Å². The van der Waals surface area contributed by atoms with Crippen molar-refractivity contribution in [3.8, 4) is 0 Å². The lowest BCUT2D eigenvalue weighted by Crippen LogP contribution is -2.28. The second-order valence-electron chi connectivity index (χ2n) is 8.21. The second-order valence-corrected chi connectivity index (χ2v) is 10.2. The predicted molar refractivity (Wildman–Crippen MR) is 135 cm³/mol. The minimum atomic E-state index is -3.70. The molecule has 1 N–H and O–H groups in total. The molecule has 3 aromatic rings. The number of amidine groups is 1. The number of benzene rings is 3. The number of fused-ring (bicyclic) bond motifs is 1. The van der Waals surface area contributed by atoms with Gasteiger partial charge in [-0.3, -0.25) is 9.79 Å². The largest absolute Gasteiger partial charge is 0.368 e. The molecule has 0 spiro atoms. The van der Waals surface area contributed by atoms with Crippen LogP contribution in [0.3, 0.4) is 0 Å². The molecule has 0 aliphatic carbocycles. The van der Waals surface area contributed by atoms with Crippen molar-refractivity contribution in [1.29, 1.82) is 0 Å². The third-order valence-electron chi connectivity index (χ3n) is 5.76. The van der Waals surface area contributed by atoms with E-state index in [0.29, 0.717) is 11.9 Å². The molecule has 8 heteroatoms. The van der Waals surface area contributed by atoms with Crippen molar-refractivity contribution in [2.45, 2.75) is 11.4 Å². The number of hydrogen-bond donors (Lipinski definition) is 1. The lowest BCUT2D eigenvalue weighted by molar-refractivity contribution is -0.125. The summed E-state index contributed by atoms with van der Waals surface area (Å²) in [5.41, 5.74) is 2.04. The fraction of sp³-hybridized carbons (Fsp3) is 0.231. The number of carbonyl (C=O) groups is 1. The van der Waals surface area contributed by atoms with Gasteiger partial charge in [0.2, 0.25) is 15.9 Å². The normalized spacial score (nSPS) is 13.9. The quantitative estimate of drug-likeness (QED) is 0.507. The van der Waals surface area contributed by atoms with Crippen LogP contribution in [0.2, 0.25) is 0 Å². The van der Waals surface area contributed by atoms with Gasteiger partial charge in [-0.2, -0.15) is 4.31 Å². The zero-order chi connectivity index (χ0) is 24.1. The number of nitrogens with one attached hydrogen (secondary N) is 1. The molecule has 1 heterocycles. The molecule has 1 amide bonds. The number of amides is 1. The van der Waals surface area contributed by atoms with Gasteiger partial charge in [-0.25, -0.2) is 8.42 Å². The molecule has 176 valence electrons. The molecule has 0 unspecified atom stereocenters. The van der Waals surface area contributed by atoms with Crippen molar-refractivity contribution >= 4 is 32.5 Å². The van der Waals surface area contributed by atoms with Crippen molar-refractivity contribution in [1.82, 2.24) is 14.5 Å². The first-order chi connectivity index (χ1) is 16.4. The number of hydrogen-bond acceptors (Lipinski definition) is 5. The summed E-state index contributed by atoms with van der Waals surface area (Å²) in [4.78, 5) is 18.8. The lowest BCUT2D eigenvalue weighted by Gasteiger charge is -2.18. The van der Waals surface area contributed by atoms with Crippen molar-refractivity contribution < 1.29 is 13.2 Å². The molecule has 3 aromatic carbocycles. The Balaban J connectivity index is 1.36.